The Morgan fingerprint density at radius 2 is 1.25 bits per heavy atom. The molecule has 2 saturated heterocycles. The number of unbranched alkanes of at least 4 members (excludes halogenated alkanes) is 7. The van der Waals surface area contributed by atoms with Crippen LogP contribution >= 0.6 is 11.8 Å². The Hall–Kier alpha value is -5.69. The first kappa shape index (κ1) is 53.1. The topological polar surface area (TPSA) is 215 Å². The zero-order valence-electron chi connectivity index (χ0n) is 40.9. The predicted octanol–water partition coefficient (Wildman–Crippen LogP) is 7.63. The van der Waals surface area contributed by atoms with Crippen LogP contribution in [0.1, 0.15) is 141 Å². The van der Waals surface area contributed by atoms with Gasteiger partial charge in [0, 0.05) is 77.7 Å². The Labute approximate surface area is 419 Å². The Balaban J connectivity index is 0.862. The van der Waals surface area contributed by atoms with E-state index >= 15 is 0 Å². The molecule has 4 aliphatic rings. The molecule has 384 valence electrons. The zero-order chi connectivity index (χ0) is 50.0. The molecule has 0 bridgehead atoms. The number of benzene rings is 3. The standard InChI is InChI=1S/C53H68N4O13S/c1-3-5-7-9-15-47(59)67-36-18-21-39-43(32-36)69-44-33-37(68-48(60)16-10-8-6-4-2)19-22-40(44)53(39)41-31-35(17-20-38(41)51(62)70-53)50(61)55-24-26-65-28-30-66-29-27-64-25-23-54-46(58)14-12-11-13-45-49-42(34-71-45)56-52(63)57-49/h17-22,31-33,42,45,49H,3-16,23-30,34H2,1-2H3,(H,54,58)(H,55,61)(H2,56,57,63)/t42?,45-,49?/m1/s1. The summed E-state index contributed by atoms with van der Waals surface area (Å²) >= 11 is 1.88. The number of rotatable bonds is 30. The summed E-state index contributed by atoms with van der Waals surface area (Å²) in [6.07, 6.45) is 11.1. The minimum Gasteiger partial charge on any atom is -0.456 e. The minimum atomic E-state index is -1.56. The van der Waals surface area contributed by atoms with Gasteiger partial charge in [0.05, 0.1) is 57.3 Å². The van der Waals surface area contributed by atoms with E-state index in [9.17, 15) is 28.8 Å². The smallest absolute Gasteiger partial charge is 0.340 e. The molecule has 1 spiro atoms. The van der Waals surface area contributed by atoms with Gasteiger partial charge in [-0.3, -0.25) is 19.2 Å². The van der Waals surface area contributed by atoms with E-state index in [2.05, 4.69) is 35.1 Å². The van der Waals surface area contributed by atoms with Crippen molar-refractivity contribution in [3.63, 3.8) is 0 Å². The van der Waals surface area contributed by atoms with Gasteiger partial charge in [-0.05, 0) is 68.1 Å². The van der Waals surface area contributed by atoms with E-state index in [1.807, 2.05) is 11.8 Å². The third-order valence-electron chi connectivity index (χ3n) is 12.9. The van der Waals surface area contributed by atoms with Gasteiger partial charge in [-0.1, -0.05) is 58.8 Å². The second kappa shape index (κ2) is 26.7. The lowest BCUT2D eigenvalue weighted by Crippen LogP contribution is -2.36. The van der Waals surface area contributed by atoms with Crippen molar-refractivity contribution in [2.45, 2.75) is 127 Å². The number of nitrogens with one attached hydrogen (secondary N) is 4. The molecule has 3 aromatic carbocycles. The van der Waals surface area contributed by atoms with Crippen molar-refractivity contribution >= 4 is 47.5 Å². The average Bonchev–Trinajstić information content (AvgIpc) is 4.01. The third kappa shape index (κ3) is 14.3. The normalized spacial score (nSPS) is 17.7. The van der Waals surface area contributed by atoms with E-state index in [1.54, 1.807) is 54.6 Å². The molecule has 0 aliphatic carbocycles. The lowest BCUT2D eigenvalue weighted by molar-refractivity contribution is -0.135. The highest BCUT2D eigenvalue weighted by Crippen LogP contribution is 2.57. The lowest BCUT2D eigenvalue weighted by Gasteiger charge is -2.36. The number of hydrogen-bond donors (Lipinski definition) is 4. The van der Waals surface area contributed by atoms with Crippen LogP contribution in [0.5, 0.6) is 23.0 Å². The number of hydrogen-bond acceptors (Lipinski definition) is 14. The molecule has 0 radical (unpaired) electrons. The van der Waals surface area contributed by atoms with Crippen molar-refractivity contribution in [3.05, 3.63) is 82.4 Å². The van der Waals surface area contributed by atoms with Crippen LogP contribution in [-0.4, -0.2) is 112 Å². The second-order valence-electron chi connectivity index (χ2n) is 18.1. The Bertz CT molecular complexity index is 2270. The highest BCUT2D eigenvalue weighted by Gasteiger charge is 2.54. The number of amides is 4. The molecular weight excluding hydrogens is 933 g/mol. The Morgan fingerprint density at radius 3 is 1.87 bits per heavy atom. The SMILES string of the molecule is CCCCCCC(=O)Oc1ccc2c(c1)Oc1cc(OC(=O)CCCCCC)ccc1C21OC(=O)c2ccc(C(=O)NCCOCCOCCOCCNC(=O)CCCC[C@H]3SCC4NC(=O)NC43)cc21. The van der Waals surface area contributed by atoms with Gasteiger partial charge in [0.25, 0.3) is 5.91 Å². The van der Waals surface area contributed by atoms with Crippen LogP contribution in [0.15, 0.2) is 54.6 Å². The van der Waals surface area contributed by atoms with Gasteiger partial charge in [-0.15, -0.1) is 0 Å². The summed E-state index contributed by atoms with van der Waals surface area (Å²) in [4.78, 5) is 76.7. The van der Waals surface area contributed by atoms with Crippen molar-refractivity contribution in [2.24, 2.45) is 0 Å². The molecular formula is C53H68N4O13S. The predicted molar refractivity (Wildman–Crippen MR) is 265 cm³/mol. The summed E-state index contributed by atoms with van der Waals surface area (Å²) in [5, 5.41) is 12.1. The van der Waals surface area contributed by atoms with Crippen LogP contribution in [0.25, 0.3) is 0 Å². The van der Waals surface area contributed by atoms with Crippen molar-refractivity contribution < 1.29 is 61.9 Å². The van der Waals surface area contributed by atoms with E-state index in [1.165, 1.54) is 0 Å². The van der Waals surface area contributed by atoms with Gasteiger partial charge in [0.2, 0.25) is 5.91 Å². The number of ether oxygens (including phenoxy) is 7. The van der Waals surface area contributed by atoms with Crippen LogP contribution in [0, 0.1) is 0 Å². The fourth-order valence-corrected chi connectivity index (χ4v) is 10.8. The van der Waals surface area contributed by atoms with E-state index in [-0.39, 0.29) is 102 Å². The van der Waals surface area contributed by atoms with E-state index in [4.69, 9.17) is 33.2 Å². The summed E-state index contributed by atoms with van der Waals surface area (Å²) in [5.41, 5.74) is 0.328. The quantitative estimate of drug-likeness (QED) is 0.0219. The first-order valence-electron chi connectivity index (χ1n) is 25.3. The number of fused-ring (bicyclic) bond motifs is 7. The fourth-order valence-electron chi connectivity index (χ4n) is 9.21. The molecule has 7 rings (SSSR count). The first-order chi connectivity index (χ1) is 34.6. The largest absolute Gasteiger partial charge is 0.456 e. The molecule has 2 fully saturated rings. The summed E-state index contributed by atoms with van der Waals surface area (Å²) in [6.45, 7) is 6.81. The van der Waals surface area contributed by atoms with Crippen LogP contribution in [0.2, 0.25) is 0 Å². The highest BCUT2D eigenvalue weighted by molar-refractivity contribution is 8.00. The molecule has 4 aliphatic heterocycles. The maximum absolute atomic E-state index is 13.7. The van der Waals surface area contributed by atoms with Gasteiger partial charge < -0.3 is 54.4 Å². The molecule has 17 nitrogen and oxygen atoms in total. The monoisotopic (exact) mass is 1000 g/mol. The van der Waals surface area contributed by atoms with Gasteiger partial charge >= 0.3 is 23.9 Å². The maximum atomic E-state index is 13.7. The summed E-state index contributed by atoms with van der Waals surface area (Å²) < 4.78 is 41.0. The fraction of sp³-hybridized carbons (Fsp3) is 0.547. The molecule has 2 unspecified atom stereocenters. The molecule has 4 N–H and O–H groups in total. The molecule has 3 atom stereocenters. The van der Waals surface area contributed by atoms with Gasteiger partial charge in [0.1, 0.15) is 23.0 Å². The molecule has 4 amide bonds. The van der Waals surface area contributed by atoms with Crippen LogP contribution < -0.4 is 35.5 Å². The lowest BCUT2D eigenvalue weighted by atomic mass is 9.77. The van der Waals surface area contributed by atoms with Crippen LogP contribution in [0.3, 0.4) is 0 Å². The van der Waals surface area contributed by atoms with Crippen molar-refractivity contribution in [2.75, 3.05) is 58.5 Å². The second-order valence-corrected chi connectivity index (χ2v) is 19.4. The number of carbonyl (C=O) groups excluding carboxylic acids is 6. The third-order valence-corrected chi connectivity index (χ3v) is 14.4. The highest BCUT2D eigenvalue weighted by atomic mass is 32.2. The first-order valence-corrected chi connectivity index (χ1v) is 26.4. The van der Waals surface area contributed by atoms with Gasteiger partial charge in [-0.25, -0.2) is 9.59 Å². The number of carbonyl (C=O) groups is 6. The Morgan fingerprint density at radius 1 is 0.662 bits per heavy atom. The molecule has 4 heterocycles. The average molecular weight is 1000 g/mol. The number of thioether (sulfide) groups is 1. The number of urea groups is 1. The maximum Gasteiger partial charge on any atom is 0.340 e. The molecule has 3 aromatic rings. The number of esters is 3. The van der Waals surface area contributed by atoms with Crippen molar-refractivity contribution in [1.82, 2.24) is 21.3 Å². The summed E-state index contributed by atoms with van der Waals surface area (Å²) in [5.74, 6) is 0.225. The van der Waals surface area contributed by atoms with E-state index in [0.29, 0.717) is 80.8 Å². The minimum absolute atomic E-state index is 0.000891. The van der Waals surface area contributed by atoms with Crippen LogP contribution in [0.4, 0.5) is 4.79 Å². The summed E-state index contributed by atoms with van der Waals surface area (Å²) in [7, 11) is 0. The van der Waals surface area contributed by atoms with Crippen molar-refractivity contribution in [3.8, 4) is 23.0 Å². The van der Waals surface area contributed by atoms with Gasteiger partial charge in [0.15, 0.2) is 5.60 Å². The van der Waals surface area contributed by atoms with E-state index in [0.717, 1.165) is 63.5 Å². The molecule has 18 heteroatoms. The molecule has 0 saturated carbocycles. The zero-order valence-corrected chi connectivity index (χ0v) is 41.7. The van der Waals surface area contributed by atoms with Crippen LogP contribution in [-0.2, 0) is 38.9 Å². The Kier molecular flexibility index (Phi) is 20.0. The molecule has 71 heavy (non-hydrogen) atoms. The van der Waals surface area contributed by atoms with E-state index < -0.39 is 11.6 Å². The van der Waals surface area contributed by atoms with Gasteiger partial charge in [-0.2, -0.15) is 11.8 Å². The van der Waals surface area contributed by atoms with Crippen molar-refractivity contribution in [1.29, 1.82) is 0 Å². The molecule has 0 aromatic heterocycles. The summed E-state index contributed by atoms with van der Waals surface area (Å²) in [6, 6.07) is 14.9.